The van der Waals surface area contributed by atoms with E-state index < -0.39 is 5.82 Å². The maximum absolute atomic E-state index is 14.0. The van der Waals surface area contributed by atoms with E-state index in [-0.39, 0.29) is 23.2 Å². The van der Waals surface area contributed by atoms with Crippen LogP contribution in [0.25, 0.3) is 22.8 Å². The van der Waals surface area contributed by atoms with Gasteiger partial charge in [0.2, 0.25) is 5.82 Å². The lowest BCUT2D eigenvalue weighted by atomic mass is 9.98. The minimum atomic E-state index is -0.420. The van der Waals surface area contributed by atoms with E-state index in [0.717, 1.165) is 25.9 Å². The average molecular weight is 365 g/mol. The van der Waals surface area contributed by atoms with E-state index in [1.54, 1.807) is 30.3 Å². The summed E-state index contributed by atoms with van der Waals surface area (Å²) < 4.78 is 19.4. The first-order chi connectivity index (χ1) is 13.1. The van der Waals surface area contributed by atoms with E-state index >= 15 is 0 Å². The highest BCUT2D eigenvalue weighted by molar-refractivity contribution is 6.00. The van der Waals surface area contributed by atoms with E-state index in [9.17, 15) is 9.18 Å². The number of nitrogens with zero attached hydrogens (tertiary/aromatic N) is 3. The Morgan fingerprint density at radius 3 is 2.67 bits per heavy atom. The Bertz CT molecular complexity index is 969. The van der Waals surface area contributed by atoms with Crippen molar-refractivity contribution < 1.29 is 13.7 Å². The normalized spacial score (nSPS) is 17.1. The molecule has 2 aromatic carbocycles. The number of amides is 1. The molecule has 1 atom stereocenters. The van der Waals surface area contributed by atoms with Gasteiger partial charge in [0.15, 0.2) is 0 Å². The molecule has 5 nitrogen and oxygen atoms in total. The molecule has 0 spiro atoms. The molecule has 1 aliphatic heterocycles. The summed E-state index contributed by atoms with van der Waals surface area (Å²) >= 11 is 0. The number of benzene rings is 2. The van der Waals surface area contributed by atoms with Gasteiger partial charge in [-0.2, -0.15) is 4.98 Å². The molecule has 1 aliphatic rings. The van der Waals surface area contributed by atoms with E-state index in [1.165, 1.54) is 6.07 Å². The molecular formula is C21H20FN3O2. The van der Waals surface area contributed by atoms with Crippen LogP contribution in [0, 0.1) is 11.7 Å². The van der Waals surface area contributed by atoms with Crippen LogP contribution in [-0.4, -0.2) is 34.0 Å². The molecule has 1 saturated heterocycles. The molecule has 1 amide bonds. The van der Waals surface area contributed by atoms with Gasteiger partial charge in [-0.1, -0.05) is 36.3 Å². The Labute approximate surface area is 156 Å². The molecule has 0 bridgehead atoms. The maximum Gasteiger partial charge on any atom is 0.259 e. The van der Waals surface area contributed by atoms with E-state index in [0.29, 0.717) is 17.0 Å². The average Bonchev–Trinajstić information content (AvgIpc) is 3.17. The summed E-state index contributed by atoms with van der Waals surface area (Å²) in [6, 6.07) is 13.4. The van der Waals surface area contributed by atoms with Gasteiger partial charge in [0, 0.05) is 13.1 Å². The molecule has 138 valence electrons. The molecule has 27 heavy (non-hydrogen) atoms. The minimum absolute atomic E-state index is 0.0391. The van der Waals surface area contributed by atoms with Crippen LogP contribution in [0.1, 0.15) is 30.1 Å². The van der Waals surface area contributed by atoms with Gasteiger partial charge in [0.05, 0.1) is 16.7 Å². The third kappa shape index (κ3) is 3.47. The fourth-order valence-electron chi connectivity index (χ4n) is 3.49. The van der Waals surface area contributed by atoms with Crippen molar-refractivity contribution in [2.75, 3.05) is 13.1 Å². The zero-order valence-corrected chi connectivity index (χ0v) is 15.1. The van der Waals surface area contributed by atoms with Crippen molar-refractivity contribution >= 4 is 5.91 Å². The van der Waals surface area contributed by atoms with Crippen LogP contribution in [0.5, 0.6) is 0 Å². The van der Waals surface area contributed by atoms with Crippen molar-refractivity contribution in [3.63, 3.8) is 0 Å². The molecule has 3 aromatic rings. The number of carbonyl (C=O) groups excluding carboxylic acids is 1. The molecule has 1 unspecified atom stereocenters. The van der Waals surface area contributed by atoms with Gasteiger partial charge in [0.25, 0.3) is 11.8 Å². The summed E-state index contributed by atoms with van der Waals surface area (Å²) in [4.78, 5) is 19.2. The first-order valence-corrected chi connectivity index (χ1v) is 9.11. The maximum atomic E-state index is 14.0. The van der Waals surface area contributed by atoms with Crippen molar-refractivity contribution in [1.29, 1.82) is 0 Å². The number of carbonyl (C=O) groups is 1. The molecule has 0 N–H and O–H groups in total. The topological polar surface area (TPSA) is 59.2 Å². The fraction of sp³-hybridized carbons (Fsp3) is 0.286. The molecule has 2 heterocycles. The number of piperidine rings is 1. The number of hydrogen-bond acceptors (Lipinski definition) is 4. The van der Waals surface area contributed by atoms with Crippen LogP contribution in [0.3, 0.4) is 0 Å². The molecular weight excluding hydrogens is 345 g/mol. The predicted octanol–water partition coefficient (Wildman–Crippen LogP) is 4.41. The molecule has 6 heteroatoms. The summed E-state index contributed by atoms with van der Waals surface area (Å²) in [6.07, 6.45) is 2.15. The summed E-state index contributed by atoms with van der Waals surface area (Å²) in [5.74, 6) is 0.407. The SMILES string of the molecule is CC1CCCN(C(=O)c2ccccc2-c2nc(-c3ccccc3F)no2)C1. The third-order valence-corrected chi connectivity index (χ3v) is 4.87. The van der Waals surface area contributed by atoms with Gasteiger partial charge in [-0.25, -0.2) is 4.39 Å². The highest BCUT2D eigenvalue weighted by Gasteiger charge is 2.25. The van der Waals surface area contributed by atoms with E-state index in [1.807, 2.05) is 17.0 Å². The van der Waals surface area contributed by atoms with Crippen molar-refractivity contribution in [3.05, 3.63) is 59.9 Å². The van der Waals surface area contributed by atoms with Crippen LogP contribution < -0.4 is 0 Å². The van der Waals surface area contributed by atoms with Gasteiger partial charge in [-0.15, -0.1) is 0 Å². The number of rotatable bonds is 3. The van der Waals surface area contributed by atoms with Crippen molar-refractivity contribution in [2.24, 2.45) is 5.92 Å². The van der Waals surface area contributed by atoms with Gasteiger partial charge < -0.3 is 9.42 Å². The Balaban J connectivity index is 1.68. The highest BCUT2D eigenvalue weighted by Crippen LogP contribution is 2.28. The Kier molecular flexibility index (Phi) is 4.71. The standard InChI is InChI=1S/C21H20FN3O2/c1-14-7-6-12-25(13-14)21(26)16-9-3-2-8-15(16)20-23-19(24-27-20)17-10-4-5-11-18(17)22/h2-5,8-11,14H,6-7,12-13H2,1H3. The van der Waals surface area contributed by atoms with Crippen LogP contribution >= 0.6 is 0 Å². The monoisotopic (exact) mass is 365 g/mol. The second-order valence-corrected chi connectivity index (χ2v) is 6.95. The zero-order chi connectivity index (χ0) is 18.8. The molecule has 1 aromatic heterocycles. The van der Waals surface area contributed by atoms with Crippen molar-refractivity contribution in [1.82, 2.24) is 15.0 Å². The van der Waals surface area contributed by atoms with Gasteiger partial charge in [-0.05, 0) is 43.0 Å². The van der Waals surface area contributed by atoms with E-state index in [2.05, 4.69) is 17.1 Å². The summed E-state index contributed by atoms with van der Waals surface area (Å²) in [6.45, 7) is 3.66. The Morgan fingerprint density at radius 2 is 1.89 bits per heavy atom. The fourth-order valence-corrected chi connectivity index (χ4v) is 3.49. The molecule has 0 saturated carbocycles. The lowest BCUT2D eigenvalue weighted by Gasteiger charge is -2.31. The smallest absolute Gasteiger partial charge is 0.259 e. The minimum Gasteiger partial charge on any atom is -0.338 e. The quantitative estimate of drug-likeness (QED) is 0.690. The van der Waals surface area contributed by atoms with Crippen molar-refractivity contribution in [2.45, 2.75) is 19.8 Å². The van der Waals surface area contributed by atoms with Gasteiger partial charge >= 0.3 is 0 Å². The summed E-state index contributed by atoms with van der Waals surface area (Å²) in [5, 5.41) is 3.90. The lowest BCUT2D eigenvalue weighted by Crippen LogP contribution is -2.39. The van der Waals surface area contributed by atoms with Crippen LogP contribution in [0.15, 0.2) is 53.1 Å². The first-order valence-electron chi connectivity index (χ1n) is 9.11. The first kappa shape index (κ1) is 17.4. The molecule has 0 aliphatic carbocycles. The predicted molar refractivity (Wildman–Crippen MR) is 99.4 cm³/mol. The lowest BCUT2D eigenvalue weighted by molar-refractivity contribution is 0.0683. The summed E-state index contributed by atoms with van der Waals surface area (Å²) in [7, 11) is 0. The second-order valence-electron chi connectivity index (χ2n) is 6.95. The Morgan fingerprint density at radius 1 is 1.15 bits per heavy atom. The largest absolute Gasteiger partial charge is 0.338 e. The number of hydrogen-bond donors (Lipinski definition) is 0. The number of aromatic nitrogens is 2. The third-order valence-electron chi connectivity index (χ3n) is 4.87. The van der Waals surface area contributed by atoms with Crippen LogP contribution in [0.4, 0.5) is 4.39 Å². The second kappa shape index (κ2) is 7.31. The van der Waals surface area contributed by atoms with Crippen molar-refractivity contribution in [3.8, 4) is 22.8 Å². The Hall–Kier alpha value is -3.02. The molecule has 1 fully saturated rings. The zero-order valence-electron chi connectivity index (χ0n) is 15.1. The summed E-state index contributed by atoms with van der Waals surface area (Å²) in [5.41, 5.74) is 1.35. The van der Waals surface area contributed by atoms with Gasteiger partial charge in [-0.3, -0.25) is 4.79 Å². The number of likely N-dealkylation sites (tertiary alicyclic amines) is 1. The highest BCUT2D eigenvalue weighted by atomic mass is 19.1. The van der Waals surface area contributed by atoms with Gasteiger partial charge in [0.1, 0.15) is 5.82 Å². The van der Waals surface area contributed by atoms with Crippen LogP contribution in [0.2, 0.25) is 0 Å². The van der Waals surface area contributed by atoms with Crippen LogP contribution in [-0.2, 0) is 0 Å². The number of halogens is 1. The molecule has 0 radical (unpaired) electrons. The van der Waals surface area contributed by atoms with E-state index in [4.69, 9.17) is 4.52 Å². The molecule has 4 rings (SSSR count).